The van der Waals surface area contributed by atoms with E-state index in [-0.39, 0.29) is 29.7 Å². The summed E-state index contributed by atoms with van der Waals surface area (Å²) in [5, 5.41) is 3.68. The lowest BCUT2D eigenvalue weighted by Gasteiger charge is -2.34. The van der Waals surface area contributed by atoms with E-state index in [9.17, 15) is 18.0 Å². The van der Waals surface area contributed by atoms with Gasteiger partial charge in [-0.05, 0) is 43.7 Å². The minimum Gasteiger partial charge on any atom is -0.352 e. The molecule has 0 aromatic heterocycles. The fourth-order valence-electron chi connectivity index (χ4n) is 4.04. The Hall–Kier alpha value is -2.78. The standard InChI is InChI=1S/C28H30Cl3N3O4S/c1-19(2)32-28(36)26(16-20-10-5-4-6-11-20)33(17-21-22(29)13-9-14-23(21)30)27(35)18-34(39(3,37)38)25-15-8-7-12-24(25)31/h4-15,19,26H,16-18H2,1-3H3,(H,32,36)/t26-/m0/s1. The van der Waals surface area contributed by atoms with Gasteiger partial charge in [-0.2, -0.15) is 0 Å². The highest BCUT2D eigenvalue weighted by molar-refractivity contribution is 7.92. The molecule has 1 atom stereocenters. The number of anilines is 1. The number of benzene rings is 3. The van der Waals surface area contributed by atoms with E-state index >= 15 is 0 Å². The van der Waals surface area contributed by atoms with Crippen LogP contribution in [0, 0.1) is 0 Å². The molecule has 3 aromatic rings. The van der Waals surface area contributed by atoms with Gasteiger partial charge in [0.05, 0.1) is 17.0 Å². The van der Waals surface area contributed by atoms with Crippen LogP contribution in [0.3, 0.4) is 0 Å². The van der Waals surface area contributed by atoms with Crippen LogP contribution in [0.1, 0.15) is 25.0 Å². The van der Waals surface area contributed by atoms with E-state index in [0.717, 1.165) is 16.1 Å². The van der Waals surface area contributed by atoms with Crippen molar-refractivity contribution >= 4 is 62.3 Å². The van der Waals surface area contributed by atoms with Crippen LogP contribution in [0.4, 0.5) is 5.69 Å². The minimum absolute atomic E-state index is 0.125. The first-order valence-corrected chi connectivity index (χ1v) is 15.2. The number of carbonyl (C=O) groups is 2. The van der Waals surface area contributed by atoms with Crippen LogP contribution < -0.4 is 9.62 Å². The van der Waals surface area contributed by atoms with Gasteiger partial charge < -0.3 is 10.2 Å². The number of nitrogens with zero attached hydrogens (tertiary/aromatic N) is 2. The highest BCUT2D eigenvalue weighted by atomic mass is 35.5. The van der Waals surface area contributed by atoms with E-state index < -0.39 is 34.4 Å². The molecule has 2 amide bonds. The number of hydrogen-bond donors (Lipinski definition) is 1. The zero-order chi connectivity index (χ0) is 28.7. The minimum atomic E-state index is -3.93. The molecule has 11 heteroatoms. The maximum Gasteiger partial charge on any atom is 0.244 e. The summed E-state index contributed by atoms with van der Waals surface area (Å²) in [6.45, 7) is 2.92. The predicted octanol–water partition coefficient (Wildman–Crippen LogP) is 5.58. The molecule has 0 radical (unpaired) electrons. The van der Waals surface area contributed by atoms with Crippen LogP contribution in [-0.4, -0.2) is 50.0 Å². The molecule has 0 heterocycles. The lowest BCUT2D eigenvalue weighted by molar-refractivity contribution is -0.140. The lowest BCUT2D eigenvalue weighted by Crippen LogP contribution is -2.54. The summed E-state index contributed by atoms with van der Waals surface area (Å²) in [4.78, 5) is 28.9. The first kappa shape index (κ1) is 30.8. The third-order valence-corrected chi connectivity index (χ3v) is 8.05. The molecule has 0 bridgehead atoms. The van der Waals surface area contributed by atoms with Gasteiger partial charge in [0.25, 0.3) is 0 Å². The molecule has 0 aliphatic carbocycles. The third-order valence-electron chi connectivity index (χ3n) is 5.89. The Bertz CT molecular complexity index is 1400. The van der Waals surface area contributed by atoms with E-state index in [1.54, 1.807) is 30.3 Å². The van der Waals surface area contributed by atoms with Crippen molar-refractivity contribution in [1.29, 1.82) is 0 Å². The van der Waals surface area contributed by atoms with Crippen LogP contribution in [0.25, 0.3) is 0 Å². The fraction of sp³-hybridized carbons (Fsp3) is 0.286. The first-order valence-electron chi connectivity index (χ1n) is 12.2. The number of carbonyl (C=O) groups excluding carboxylic acids is 2. The Balaban J connectivity index is 2.11. The van der Waals surface area contributed by atoms with Crippen molar-refractivity contribution in [3.8, 4) is 0 Å². The molecule has 0 saturated carbocycles. The highest BCUT2D eigenvalue weighted by Crippen LogP contribution is 2.30. The van der Waals surface area contributed by atoms with E-state index in [1.807, 2.05) is 44.2 Å². The van der Waals surface area contributed by atoms with Gasteiger partial charge in [0.15, 0.2) is 0 Å². The molecule has 0 fully saturated rings. The van der Waals surface area contributed by atoms with Gasteiger partial charge in [-0.15, -0.1) is 0 Å². The number of amides is 2. The Kier molecular flexibility index (Phi) is 10.7. The van der Waals surface area contributed by atoms with Crippen molar-refractivity contribution in [1.82, 2.24) is 10.2 Å². The van der Waals surface area contributed by atoms with Crippen molar-refractivity contribution < 1.29 is 18.0 Å². The summed E-state index contributed by atoms with van der Waals surface area (Å²) >= 11 is 19.2. The molecular formula is C28H30Cl3N3O4S. The molecule has 208 valence electrons. The normalized spacial score (nSPS) is 12.2. The molecule has 0 aliphatic heterocycles. The predicted molar refractivity (Wildman–Crippen MR) is 158 cm³/mol. The van der Waals surface area contributed by atoms with E-state index in [2.05, 4.69) is 5.32 Å². The zero-order valence-electron chi connectivity index (χ0n) is 21.8. The maximum atomic E-state index is 14.0. The number of nitrogens with one attached hydrogen (secondary N) is 1. The van der Waals surface area contributed by atoms with Gasteiger partial charge >= 0.3 is 0 Å². The van der Waals surface area contributed by atoms with E-state index in [0.29, 0.717) is 15.6 Å². The average molecular weight is 611 g/mol. The third kappa shape index (κ3) is 8.35. The van der Waals surface area contributed by atoms with Crippen molar-refractivity contribution in [3.63, 3.8) is 0 Å². The van der Waals surface area contributed by atoms with Crippen LogP contribution >= 0.6 is 34.8 Å². The monoisotopic (exact) mass is 609 g/mol. The van der Waals surface area contributed by atoms with Crippen LogP contribution in [0.2, 0.25) is 15.1 Å². The molecule has 3 rings (SSSR count). The summed E-state index contributed by atoms with van der Waals surface area (Å²) in [7, 11) is -3.93. The number of para-hydroxylation sites is 1. The SMILES string of the molecule is CC(C)NC(=O)[C@H](Cc1ccccc1)N(Cc1c(Cl)cccc1Cl)C(=O)CN(c1ccccc1Cl)S(C)(=O)=O. The topological polar surface area (TPSA) is 86.8 Å². The summed E-state index contributed by atoms with van der Waals surface area (Å²) in [6, 6.07) is 19.3. The van der Waals surface area contributed by atoms with E-state index in [4.69, 9.17) is 34.8 Å². The summed E-state index contributed by atoms with van der Waals surface area (Å²) in [5.74, 6) is -1.02. The van der Waals surface area contributed by atoms with Crippen molar-refractivity contribution in [3.05, 3.63) is 99.0 Å². The number of rotatable bonds is 11. The molecule has 0 aliphatic rings. The maximum absolute atomic E-state index is 14.0. The second kappa shape index (κ2) is 13.5. The summed E-state index contributed by atoms with van der Waals surface area (Å²) in [6.07, 6.45) is 1.17. The molecule has 0 saturated heterocycles. The lowest BCUT2D eigenvalue weighted by atomic mass is 10.0. The van der Waals surface area contributed by atoms with Crippen molar-refractivity contribution in [2.75, 3.05) is 17.1 Å². The van der Waals surface area contributed by atoms with Gasteiger partial charge in [0.1, 0.15) is 12.6 Å². The zero-order valence-corrected chi connectivity index (χ0v) is 24.9. The van der Waals surface area contributed by atoms with Gasteiger partial charge in [-0.3, -0.25) is 13.9 Å². The molecule has 0 spiro atoms. The van der Waals surface area contributed by atoms with Gasteiger partial charge in [0.2, 0.25) is 21.8 Å². The molecule has 3 aromatic carbocycles. The molecule has 39 heavy (non-hydrogen) atoms. The molecule has 1 N–H and O–H groups in total. The van der Waals surface area contributed by atoms with Gasteiger partial charge in [0, 0.05) is 34.6 Å². The first-order chi connectivity index (χ1) is 18.4. The highest BCUT2D eigenvalue weighted by Gasteiger charge is 2.34. The summed E-state index contributed by atoms with van der Waals surface area (Å²) in [5.41, 5.74) is 1.40. The quantitative estimate of drug-likeness (QED) is 0.307. The average Bonchev–Trinajstić information content (AvgIpc) is 2.86. The van der Waals surface area contributed by atoms with Gasteiger partial charge in [-0.1, -0.05) is 83.3 Å². The Labute approximate surface area is 244 Å². The molecule has 7 nitrogen and oxygen atoms in total. The van der Waals surface area contributed by atoms with E-state index in [1.165, 1.54) is 17.0 Å². The second-order valence-electron chi connectivity index (χ2n) is 9.31. The second-order valence-corrected chi connectivity index (χ2v) is 12.4. The Morgan fingerprint density at radius 1 is 0.846 bits per heavy atom. The van der Waals surface area contributed by atoms with Crippen LogP contribution in [-0.2, 0) is 32.6 Å². The molecular weight excluding hydrogens is 581 g/mol. The van der Waals surface area contributed by atoms with Crippen molar-refractivity contribution in [2.24, 2.45) is 0 Å². The Morgan fingerprint density at radius 2 is 1.41 bits per heavy atom. The molecule has 0 unspecified atom stereocenters. The smallest absolute Gasteiger partial charge is 0.244 e. The Morgan fingerprint density at radius 3 is 1.97 bits per heavy atom. The fourth-order valence-corrected chi connectivity index (χ4v) is 5.70. The number of hydrogen-bond acceptors (Lipinski definition) is 4. The van der Waals surface area contributed by atoms with Crippen LogP contribution in [0.15, 0.2) is 72.8 Å². The van der Waals surface area contributed by atoms with Gasteiger partial charge in [-0.25, -0.2) is 8.42 Å². The van der Waals surface area contributed by atoms with Crippen molar-refractivity contribution in [2.45, 2.75) is 38.9 Å². The number of halogens is 3. The number of sulfonamides is 1. The largest absolute Gasteiger partial charge is 0.352 e. The van der Waals surface area contributed by atoms with Crippen LogP contribution in [0.5, 0.6) is 0 Å². The summed E-state index contributed by atoms with van der Waals surface area (Å²) < 4.78 is 26.6.